The van der Waals surface area contributed by atoms with Crippen LogP contribution in [-0.4, -0.2) is 175 Å². The topological polar surface area (TPSA) is 499 Å². The fraction of sp³-hybridized carbons (Fsp3) is 0.365. The molecule has 0 saturated carbocycles. The molecule has 2 aromatic heterocycles. The van der Waals surface area contributed by atoms with E-state index in [2.05, 4.69) is 62.8 Å². The molecule has 0 aliphatic heterocycles. The van der Waals surface area contributed by atoms with Crippen molar-refractivity contribution in [3.05, 3.63) is 138 Å². The number of rotatable bonds is 35. The number of amides is 9. The number of aromatic amines is 2. The highest BCUT2D eigenvalue weighted by Gasteiger charge is 2.36. The Labute approximate surface area is 533 Å². The summed E-state index contributed by atoms with van der Waals surface area (Å²) >= 11 is 0. The summed E-state index contributed by atoms with van der Waals surface area (Å²) in [5, 5.41) is 63.9. The highest BCUT2D eigenvalue weighted by atomic mass is 16.4. The minimum atomic E-state index is -1.83. The van der Waals surface area contributed by atoms with Crippen LogP contribution in [0, 0.1) is 0 Å². The standard InChI is InChI=1S/C63H79N15O15/c1-33(54(84)70-32-51(81)73-48(28-38-30-68-44-16-9-7-14-41(38)44)59(89)72-34(2)55(85)77-50(62(92)93)27-37-19-21-40(80)22-20-37)71-57(87)46(18-11-25-67-63(65)66)74-58(88)47(23-24-52(82)83)75-61(91)53(35(3)79)78-60(90)49(29-39-31-69-45-17-10-8-15-42(39)45)76-56(86)43(64)26-36-12-5-4-6-13-36/h4-10,12-17,19-22,30-31,33-35,43,46-50,53,68-69,79-80H,11,18,23-29,32,64H2,1-3H3,(H,70,84)(H,71,87)(H,72,89)(H,73,81)(H,74,88)(H,75,91)(H,76,86)(H,77,85)(H,78,90)(H,82,83)(H,92,93)(H4,65,66,67)/t33-,34-,35+,43-,46-,47-,48-,49-,50-,53-/m0/s1. The Kier molecular flexibility index (Phi) is 26.3. The number of aliphatic hydroxyl groups excluding tert-OH is 1. The van der Waals surface area contributed by atoms with E-state index in [1.807, 2.05) is 0 Å². The maximum atomic E-state index is 14.3. The summed E-state index contributed by atoms with van der Waals surface area (Å²) in [6.45, 7) is 2.91. The van der Waals surface area contributed by atoms with E-state index in [4.69, 9.17) is 17.2 Å². The monoisotopic (exact) mass is 1290 g/mol. The molecule has 0 fully saturated rings. The number of nitrogens with one attached hydrogen (secondary N) is 11. The van der Waals surface area contributed by atoms with Crippen molar-refractivity contribution in [3.63, 3.8) is 0 Å². The van der Waals surface area contributed by atoms with Gasteiger partial charge in [0.2, 0.25) is 53.2 Å². The molecular weight excluding hydrogens is 1210 g/mol. The molecule has 6 aromatic rings. The second-order valence-electron chi connectivity index (χ2n) is 22.3. The summed E-state index contributed by atoms with van der Waals surface area (Å²) < 4.78 is 0. The molecule has 30 heteroatoms. The maximum Gasteiger partial charge on any atom is 0.326 e. The fourth-order valence-electron chi connectivity index (χ4n) is 9.89. The smallest absolute Gasteiger partial charge is 0.326 e. The predicted octanol–water partition coefficient (Wildman–Crippen LogP) is -1.63. The van der Waals surface area contributed by atoms with E-state index in [0.29, 0.717) is 27.6 Å². The Morgan fingerprint density at radius 3 is 1.56 bits per heavy atom. The van der Waals surface area contributed by atoms with E-state index in [9.17, 15) is 73.2 Å². The average molecular weight is 1290 g/mol. The van der Waals surface area contributed by atoms with Crippen molar-refractivity contribution >= 4 is 92.9 Å². The summed E-state index contributed by atoms with van der Waals surface area (Å²) in [6, 6.07) is 15.7. The summed E-state index contributed by atoms with van der Waals surface area (Å²) in [6.07, 6.45) is -0.158. The maximum absolute atomic E-state index is 14.3. The third-order valence-corrected chi connectivity index (χ3v) is 15.0. The minimum absolute atomic E-state index is 0.0350. The zero-order valence-electron chi connectivity index (χ0n) is 51.3. The summed E-state index contributed by atoms with van der Waals surface area (Å²) in [7, 11) is 0. The van der Waals surface area contributed by atoms with Gasteiger partial charge in [-0.15, -0.1) is 0 Å². The van der Waals surface area contributed by atoms with Crippen LogP contribution in [0.25, 0.3) is 21.8 Å². The molecule has 0 aliphatic rings. The Hall–Kier alpha value is -10.9. The normalized spacial score (nSPS) is 14.3. The number of phenols is 1. The van der Waals surface area contributed by atoms with Gasteiger partial charge in [-0.2, -0.15) is 0 Å². The lowest BCUT2D eigenvalue weighted by molar-refractivity contribution is -0.142. The number of phenolic OH excluding ortho intramolecular Hbond substituents is 1. The lowest BCUT2D eigenvalue weighted by atomic mass is 10.0. The molecular formula is C63H79N15O15. The molecule has 0 bridgehead atoms. The zero-order chi connectivity index (χ0) is 67.9. The van der Waals surface area contributed by atoms with E-state index < -0.39 is 145 Å². The van der Waals surface area contributed by atoms with Gasteiger partial charge in [0.15, 0.2) is 5.96 Å². The molecule has 2 heterocycles. The van der Waals surface area contributed by atoms with Gasteiger partial charge in [-0.1, -0.05) is 78.9 Å². The van der Waals surface area contributed by atoms with Crippen molar-refractivity contribution in [1.29, 1.82) is 0 Å². The van der Waals surface area contributed by atoms with Crippen molar-refractivity contribution < 1.29 is 73.2 Å². The minimum Gasteiger partial charge on any atom is -0.508 e. The number of nitrogens with two attached hydrogens (primary N) is 3. The number of para-hydroxylation sites is 2. The Bertz CT molecular complexity index is 3650. The van der Waals surface area contributed by atoms with Crippen LogP contribution < -0.4 is 65.1 Å². The van der Waals surface area contributed by atoms with Gasteiger partial charge in [0.25, 0.3) is 0 Å². The SMILES string of the molecule is C[C@H](NC(=O)[C@H](Cc1c[nH]c2ccccc12)NC(=O)CNC(=O)[C@H](C)NC(=O)[C@H](CCCN=C(N)N)NC(=O)[C@H](CCC(=O)O)NC(=O)[C@@H](NC(=O)[C@H](Cc1c[nH]c2ccccc12)NC(=O)[C@@H](N)Cc1ccccc1)[C@@H](C)O)C(=O)N[C@@H](Cc1ccc(O)cc1)C(=O)O. The van der Waals surface area contributed by atoms with Gasteiger partial charge < -0.3 is 95.4 Å². The van der Waals surface area contributed by atoms with Gasteiger partial charge in [0, 0.05) is 66.4 Å². The highest BCUT2D eigenvalue weighted by molar-refractivity contribution is 5.99. The van der Waals surface area contributed by atoms with Crippen molar-refractivity contribution in [1.82, 2.24) is 57.8 Å². The van der Waals surface area contributed by atoms with Crippen LogP contribution in [0.2, 0.25) is 0 Å². The number of aromatic nitrogens is 2. The number of aliphatic carboxylic acids is 2. The molecule has 9 amide bonds. The number of H-pyrrole nitrogens is 2. The first-order valence-corrected chi connectivity index (χ1v) is 29.8. The molecule has 0 aliphatic carbocycles. The third-order valence-electron chi connectivity index (χ3n) is 15.0. The second-order valence-corrected chi connectivity index (χ2v) is 22.3. The Balaban J connectivity index is 1.11. The van der Waals surface area contributed by atoms with Gasteiger partial charge in [-0.05, 0) is 93.0 Å². The lowest BCUT2D eigenvalue weighted by Crippen LogP contribution is -2.61. The number of aliphatic imine (C=N–C) groups is 1. The van der Waals surface area contributed by atoms with Crippen LogP contribution in [0.3, 0.4) is 0 Å². The molecule has 0 saturated heterocycles. The van der Waals surface area contributed by atoms with Crippen LogP contribution in [0.15, 0.2) is 121 Å². The molecule has 496 valence electrons. The number of carbonyl (C=O) groups is 11. The van der Waals surface area contributed by atoms with E-state index in [-0.39, 0.29) is 56.8 Å². The number of aliphatic hydroxyl groups is 1. The van der Waals surface area contributed by atoms with E-state index in [1.165, 1.54) is 45.0 Å². The number of carbonyl (C=O) groups excluding carboxylic acids is 9. The van der Waals surface area contributed by atoms with E-state index in [0.717, 1.165) is 16.5 Å². The van der Waals surface area contributed by atoms with Crippen molar-refractivity contribution in [3.8, 4) is 5.75 Å². The van der Waals surface area contributed by atoms with Gasteiger partial charge in [0.1, 0.15) is 54.1 Å². The van der Waals surface area contributed by atoms with Crippen molar-refractivity contribution in [2.75, 3.05) is 13.1 Å². The predicted molar refractivity (Wildman–Crippen MR) is 340 cm³/mol. The molecule has 0 unspecified atom stereocenters. The second kappa shape index (κ2) is 34.4. The van der Waals surface area contributed by atoms with Crippen LogP contribution >= 0.6 is 0 Å². The average Bonchev–Trinajstić information content (AvgIpc) is 1.76. The highest BCUT2D eigenvalue weighted by Crippen LogP contribution is 2.22. The van der Waals surface area contributed by atoms with Crippen molar-refractivity contribution in [2.45, 2.75) is 133 Å². The molecule has 0 radical (unpaired) electrons. The fourth-order valence-corrected chi connectivity index (χ4v) is 9.89. The van der Waals surface area contributed by atoms with Gasteiger partial charge in [-0.3, -0.25) is 52.9 Å². The zero-order valence-corrected chi connectivity index (χ0v) is 51.3. The number of fused-ring (bicyclic) bond motifs is 2. The summed E-state index contributed by atoms with van der Waals surface area (Å²) in [5.74, 6) is -11.5. The van der Waals surface area contributed by atoms with E-state index in [1.54, 1.807) is 91.3 Å². The first kappa shape index (κ1) is 71.2. The molecule has 21 N–H and O–H groups in total. The number of nitrogens with zero attached hydrogens (tertiary/aromatic N) is 1. The number of guanidine groups is 1. The first-order valence-electron chi connectivity index (χ1n) is 29.8. The lowest BCUT2D eigenvalue weighted by Gasteiger charge is -2.28. The molecule has 0 spiro atoms. The molecule has 10 atom stereocenters. The molecule has 30 nitrogen and oxygen atoms in total. The van der Waals surface area contributed by atoms with Gasteiger partial charge >= 0.3 is 11.9 Å². The summed E-state index contributed by atoms with van der Waals surface area (Å²) in [4.78, 5) is 159. The quantitative estimate of drug-likeness (QED) is 0.0121. The molecule has 93 heavy (non-hydrogen) atoms. The third kappa shape index (κ3) is 21.9. The Morgan fingerprint density at radius 1 is 0.505 bits per heavy atom. The van der Waals surface area contributed by atoms with Crippen LogP contribution in [0.4, 0.5) is 0 Å². The number of aromatic hydroxyl groups is 1. The van der Waals surface area contributed by atoms with Crippen LogP contribution in [0.1, 0.15) is 68.7 Å². The van der Waals surface area contributed by atoms with Crippen LogP contribution in [0.5, 0.6) is 5.75 Å². The van der Waals surface area contributed by atoms with Crippen LogP contribution in [-0.2, 0) is 78.4 Å². The molecule has 4 aromatic carbocycles. The largest absolute Gasteiger partial charge is 0.508 e. The number of carboxylic acid groups (broad SMARTS) is 2. The van der Waals surface area contributed by atoms with Gasteiger partial charge in [-0.25, -0.2) is 4.79 Å². The number of hydrogen-bond acceptors (Lipinski definition) is 15. The molecule has 6 rings (SSSR count). The number of carboxylic acids is 2. The number of hydrogen-bond donors (Lipinski definition) is 18. The number of benzene rings is 4. The van der Waals surface area contributed by atoms with Gasteiger partial charge in [0.05, 0.1) is 18.7 Å². The Morgan fingerprint density at radius 2 is 0.989 bits per heavy atom. The van der Waals surface area contributed by atoms with Crippen molar-refractivity contribution in [2.24, 2.45) is 22.2 Å². The first-order chi connectivity index (χ1) is 44.3. The van der Waals surface area contributed by atoms with E-state index >= 15 is 0 Å². The summed E-state index contributed by atoms with van der Waals surface area (Å²) in [5.41, 5.74) is 21.2.